The molecule has 18 heavy (non-hydrogen) atoms. The molecular formula is C17H29N. The first-order chi connectivity index (χ1) is 8.38. The van der Waals surface area contributed by atoms with Crippen molar-refractivity contribution in [1.29, 1.82) is 0 Å². The molecule has 0 aliphatic rings. The molecule has 102 valence electrons. The standard InChI is InChI=1S/C17H29N/c1-7-17(6,12-18-13(2)3)11-16-14(4)9-8-10-15(16)5/h8-10,13,18H,7,11-12H2,1-6H3. The van der Waals surface area contributed by atoms with Crippen molar-refractivity contribution in [3.05, 3.63) is 34.9 Å². The summed E-state index contributed by atoms with van der Waals surface area (Å²) in [5.41, 5.74) is 4.74. The number of nitrogens with one attached hydrogen (secondary N) is 1. The Morgan fingerprint density at radius 1 is 1.17 bits per heavy atom. The molecule has 1 nitrogen and oxygen atoms in total. The Bertz CT molecular complexity index is 361. The number of hydrogen-bond acceptors (Lipinski definition) is 1. The second-order valence-corrected chi connectivity index (χ2v) is 6.25. The average molecular weight is 247 g/mol. The third-order valence-electron chi connectivity index (χ3n) is 4.04. The van der Waals surface area contributed by atoms with Gasteiger partial charge in [0.1, 0.15) is 0 Å². The molecule has 0 saturated heterocycles. The van der Waals surface area contributed by atoms with Crippen LogP contribution in [0.25, 0.3) is 0 Å². The summed E-state index contributed by atoms with van der Waals surface area (Å²) in [5, 5.41) is 3.60. The minimum absolute atomic E-state index is 0.348. The van der Waals surface area contributed by atoms with Crippen LogP contribution in [0.4, 0.5) is 0 Å². The van der Waals surface area contributed by atoms with Crippen LogP contribution in [0.1, 0.15) is 50.8 Å². The zero-order valence-corrected chi connectivity index (χ0v) is 12.9. The van der Waals surface area contributed by atoms with E-state index in [1.807, 2.05) is 0 Å². The van der Waals surface area contributed by atoms with Crippen molar-refractivity contribution in [3.8, 4) is 0 Å². The van der Waals surface area contributed by atoms with Crippen molar-refractivity contribution in [1.82, 2.24) is 5.32 Å². The Morgan fingerprint density at radius 3 is 2.17 bits per heavy atom. The van der Waals surface area contributed by atoms with Gasteiger partial charge in [0.2, 0.25) is 0 Å². The molecule has 0 aliphatic heterocycles. The van der Waals surface area contributed by atoms with E-state index in [1.165, 1.54) is 29.5 Å². The molecule has 1 aromatic carbocycles. The molecule has 1 heteroatoms. The van der Waals surface area contributed by atoms with Gasteiger partial charge in [-0.25, -0.2) is 0 Å². The van der Waals surface area contributed by atoms with E-state index in [9.17, 15) is 0 Å². The summed E-state index contributed by atoms with van der Waals surface area (Å²) < 4.78 is 0. The molecule has 0 bridgehead atoms. The van der Waals surface area contributed by atoms with E-state index in [-0.39, 0.29) is 0 Å². The van der Waals surface area contributed by atoms with E-state index in [4.69, 9.17) is 0 Å². The Balaban J connectivity index is 2.84. The highest BCUT2D eigenvalue weighted by molar-refractivity contribution is 5.34. The van der Waals surface area contributed by atoms with E-state index in [1.54, 1.807) is 0 Å². The van der Waals surface area contributed by atoms with Crippen LogP contribution in [-0.2, 0) is 6.42 Å². The predicted octanol–water partition coefficient (Wildman–Crippen LogP) is 4.26. The fourth-order valence-electron chi connectivity index (χ4n) is 2.32. The lowest BCUT2D eigenvalue weighted by Crippen LogP contribution is -2.37. The van der Waals surface area contributed by atoms with E-state index < -0.39 is 0 Å². The molecule has 1 unspecified atom stereocenters. The van der Waals surface area contributed by atoms with Crippen molar-refractivity contribution >= 4 is 0 Å². The number of rotatable bonds is 6. The van der Waals surface area contributed by atoms with Gasteiger partial charge in [0.05, 0.1) is 0 Å². The molecule has 0 heterocycles. The summed E-state index contributed by atoms with van der Waals surface area (Å²) >= 11 is 0. The van der Waals surface area contributed by atoms with Crippen molar-refractivity contribution in [2.24, 2.45) is 5.41 Å². The second kappa shape index (κ2) is 6.38. The van der Waals surface area contributed by atoms with Crippen LogP contribution in [-0.4, -0.2) is 12.6 Å². The normalized spacial score (nSPS) is 14.8. The average Bonchev–Trinajstić information content (AvgIpc) is 2.32. The molecule has 1 atom stereocenters. The summed E-state index contributed by atoms with van der Waals surface area (Å²) in [6.07, 6.45) is 2.38. The van der Waals surface area contributed by atoms with Gasteiger partial charge in [0, 0.05) is 12.6 Å². The Hall–Kier alpha value is -0.820. The fourth-order valence-corrected chi connectivity index (χ4v) is 2.32. The number of benzene rings is 1. The Kier molecular flexibility index (Phi) is 5.40. The van der Waals surface area contributed by atoms with E-state index in [2.05, 4.69) is 65.1 Å². The van der Waals surface area contributed by atoms with Crippen molar-refractivity contribution in [2.45, 2.75) is 60.4 Å². The van der Waals surface area contributed by atoms with E-state index in [0.29, 0.717) is 11.5 Å². The molecule has 1 aromatic rings. The van der Waals surface area contributed by atoms with E-state index >= 15 is 0 Å². The summed E-state index contributed by atoms with van der Waals surface area (Å²) in [4.78, 5) is 0. The van der Waals surface area contributed by atoms with Crippen LogP contribution in [0.3, 0.4) is 0 Å². The first-order valence-electron chi connectivity index (χ1n) is 7.16. The van der Waals surface area contributed by atoms with Crippen LogP contribution in [0, 0.1) is 19.3 Å². The fraction of sp³-hybridized carbons (Fsp3) is 0.647. The van der Waals surface area contributed by atoms with Crippen LogP contribution in [0.2, 0.25) is 0 Å². The maximum Gasteiger partial charge on any atom is 0.00106 e. The first-order valence-corrected chi connectivity index (χ1v) is 7.16. The third kappa shape index (κ3) is 4.13. The van der Waals surface area contributed by atoms with Gasteiger partial charge in [-0.3, -0.25) is 0 Å². The zero-order valence-electron chi connectivity index (χ0n) is 12.9. The van der Waals surface area contributed by atoms with Crippen LogP contribution < -0.4 is 5.32 Å². The van der Waals surface area contributed by atoms with Crippen LogP contribution in [0.5, 0.6) is 0 Å². The smallest absolute Gasteiger partial charge is 0.00106 e. The molecule has 0 amide bonds. The molecule has 1 N–H and O–H groups in total. The molecule has 1 rings (SSSR count). The van der Waals surface area contributed by atoms with Gasteiger partial charge < -0.3 is 5.32 Å². The van der Waals surface area contributed by atoms with Gasteiger partial charge in [0.25, 0.3) is 0 Å². The summed E-state index contributed by atoms with van der Waals surface area (Å²) in [6, 6.07) is 7.18. The molecule has 0 radical (unpaired) electrons. The lowest BCUT2D eigenvalue weighted by atomic mass is 9.79. The Labute approximate surface area is 113 Å². The molecular weight excluding hydrogens is 218 g/mol. The maximum atomic E-state index is 3.60. The number of aryl methyl sites for hydroxylation is 2. The van der Waals surface area contributed by atoms with Crippen LogP contribution >= 0.6 is 0 Å². The molecule has 0 fully saturated rings. The van der Waals surface area contributed by atoms with Gasteiger partial charge in [-0.1, -0.05) is 45.9 Å². The highest BCUT2D eigenvalue weighted by Gasteiger charge is 2.24. The summed E-state index contributed by atoms with van der Waals surface area (Å²) in [6.45, 7) is 14.7. The SMILES string of the molecule is CCC(C)(CNC(C)C)Cc1c(C)cccc1C. The van der Waals surface area contributed by atoms with Gasteiger partial charge in [-0.15, -0.1) is 0 Å². The van der Waals surface area contributed by atoms with Crippen molar-refractivity contribution in [2.75, 3.05) is 6.54 Å². The lowest BCUT2D eigenvalue weighted by molar-refractivity contribution is 0.280. The topological polar surface area (TPSA) is 12.0 Å². The van der Waals surface area contributed by atoms with Gasteiger partial charge in [-0.05, 0) is 48.8 Å². The first kappa shape index (κ1) is 15.2. The molecule has 0 aromatic heterocycles. The van der Waals surface area contributed by atoms with Crippen molar-refractivity contribution in [3.63, 3.8) is 0 Å². The third-order valence-corrected chi connectivity index (χ3v) is 4.04. The highest BCUT2D eigenvalue weighted by Crippen LogP contribution is 2.29. The summed E-state index contributed by atoms with van der Waals surface area (Å²) in [7, 11) is 0. The Morgan fingerprint density at radius 2 is 1.72 bits per heavy atom. The van der Waals surface area contributed by atoms with Gasteiger partial charge in [0.15, 0.2) is 0 Å². The summed E-state index contributed by atoms with van der Waals surface area (Å²) in [5.74, 6) is 0. The monoisotopic (exact) mass is 247 g/mol. The highest BCUT2D eigenvalue weighted by atomic mass is 14.9. The molecule has 0 spiro atoms. The molecule has 0 aliphatic carbocycles. The molecule has 0 saturated carbocycles. The minimum atomic E-state index is 0.348. The van der Waals surface area contributed by atoms with Crippen LogP contribution in [0.15, 0.2) is 18.2 Å². The van der Waals surface area contributed by atoms with Gasteiger partial charge in [-0.2, -0.15) is 0 Å². The van der Waals surface area contributed by atoms with E-state index in [0.717, 1.165) is 6.54 Å². The quantitative estimate of drug-likeness (QED) is 0.792. The van der Waals surface area contributed by atoms with Gasteiger partial charge >= 0.3 is 0 Å². The maximum absolute atomic E-state index is 3.60. The lowest BCUT2D eigenvalue weighted by Gasteiger charge is -2.31. The second-order valence-electron chi connectivity index (χ2n) is 6.25. The predicted molar refractivity (Wildman–Crippen MR) is 81.2 cm³/mol. The van der Waals surface area contributed by atoms with Crippen molar-refractivity contribution < 1.29 is 0 Å². The zero-order chi connectivity index (χ0) is 13.8. The number of hydrogen-bond donors (Lipinski definition) is 1. The minimum Gasteiger partial charge on any atom is -0.314 e. The largest absolute Gasteiger partial charge is 0.314 e.